The van der Waals surface area contributed by atoms with Gasteiger partial charge in [0.1, 0.15) is 5.82 Å². The molecule has 2 atom stereocenters. The van der Waals surface area contributed by atoms with Gasteiger partial charge in [0.2, 0.25) is 0 Å². The van der Waals surface area contributed by atoms with Gasteiger partial charge in [-0.2, -0.15) is 0 Å². The van der Waals surface area contributed by atoms with Crippen molar-refractivity contribution in [3.8, 4) is 17.1 Å². The molecule has 0 spiro atoms. The Bertz CT molecular complexity index is 939. The molecule has 30 heavy (non-hydrogen) atoms. The molecule has 0 saturated heterocycles. The lowest BCUT2D eigenvalue weighted by molar-refractivity contribution is 0.608. The van der Waals surface area contributed by atoms with Gasteiger partial charge in [0.05, 0.1) is 5.69 Å². The number of imidazole rings is 1. The van der Waals surface area contributed by atoms with Gasteiger partial charge in [0.25, 0.3) is 0 Å². The second-order valence-corrected chi connectivity index (χ2v) is 8.03. The molecule has 1 saturated carbocycles. The van der Waals surface area contributed by atoms with E-state index >= 15 is 0 Å². The first-order valence-electron chi connectivity index (χ1n) is 11.7. The summed E-state index contributed by atoms with van der Waals surface area (Å²) in [7, 11) is 0. The monoisotopic (exact) mass is 404 g/mol. The van der Waals surface area contributed by atoms with Crippen molar-refractivity contribution in [1.29, 1.82) is 0 Å². The van der Waals surface area contributed by atoms with Crippen LogP contribution in [-0.2, 0) is 5.41 Å². The van der Waals surface area contributed by atoms with Crippen LogP contribution in [0.2, 0.25) is 0 Å². The van der Waals surface area contributed by atoms with E-state index in [0.717, 1.165) is 11.7 Å². The normalized spacial score (nSPS) is 19.3. The summed E-state index contributed by atoms with van der Waals surface area (Å²) in [4.78, 5) is 4.79. The average molecular weight is 405 g/mol. The van der Waals surface area contributed by atoms with Crippen LogP contribution < -0.4 is 0 Å². The number of benzene rings is 2. The first-order valence-corrected chi connectivity index (χ1v) is 11.7. The Morgan fingerprint density at radius 2 is 1.57 bits per heavy atom. The van der Waals surface area contributed by atoms with Crippen molar-refractivity contribution >= 4 is 0 Å². The standard InChI is InChI=1S/C24H28N2.2C2H6/c1-6-24(15-19(24)5)21-10-8-7-9-20(21)23-25-11-12-26(23)22-17(3)13-16(2)14-18(22)4;2*1-2/h7-14,19H,6,15H2,1-5H3;2*1-2H3/t19-,24?;;/m0../s1. The molecule has 3 aromatic rings. The predicted molar refractivity (Wildman–Crippen MR) is 132 cm³/mol. The predicted octanol–water partition coefficient (Wildman–Crippen LogP) is 8.20. The fourth-order valence-corrected chi connectivity index (χ4v) is 4.89. The topological polar surface area (TPSA) is 17.8 Å². The van der Waals surface area contributed by atoms with Crippen LogP contribution in [-0.4, -0.2) is 9.55 Å². The number of aryl methyl sites for hydroxylation is 3. The van der Waals surface area contributed by atoms with Gasteiger partial charge in [-0.1, -0.05) is 83.5 Å². The van der Waals surface area contributed by atoms with Crippen molar-refractivity contribution in [3.05, 3.63) is 71.0 Å². The Morgan fingerprint density at radius 1 is 1.00 bits per heavy atom. The molecular weight excluding hydrogens is 364 g/mol. The lowest BCUT2D eigenvalue weighted by Gasteiger charge is -2.21. The third kappa shape index (κ3) is 4.24. The lowest BCUT2D eigenvalue weighted by atomic mass is 9.87. The van der Waals surface area contributed by atoms with Crippen LogP contribution in [0.15, 0.2) is 48.8 Å². The Morgan fingerprint density at radius 3 is 2.10 bits per heavy atom. The molecule has 1 aliphatic carbocycles. The van der Waals surface area contributed by atoms with Crippen LogP contribution in [0.25, 0.3) is 17.1 Å². The third-order valence-corrected chi connectivity index (χ3v) is 6.31. The van der Waals surface area contributed by atoms with Crippen LogP contribution in [0.5, 0.6) is 0 Å². The van der Waals surface area contributed by atoms with E-state index in [4.69, 9.17) is 4.98 Å². The highest BCUT2D eigenvalue weighted by atomic mass is 15.1. The van der Waals surface area contributed by atoms with Crippen LogP contribution >= 0.6 is 0 Å². The Hall–Kier alpha value is -2.35. The van der Waals surface area contributed by atoms with Crippen molar-refractivity contribution in [3.63, 3.8) is 0 Å². The summed E-state index contributed by atoms with van der Waals surface area (Å²) in [5.74, 6) is 1.81. The maximum Gasteiger partial charge on any atom is 0.144 e. The lowest BCUT2D eigenvalue weighted by Crippen LogP contribution is -2.11. The summed E-state index contributed by atoms with van der Waals surface area (Å²) >= 11 is 0. The summed E-state index contributed by atoms with van der Waals surface area (Å²) in [6.07, 6.45) is 6.50. The number of rotatable bonds is 4. The van der Waals surface area contributed by atoms with E-state index in [9.17, 15) is 0 Å². The Kier molecular flexibility index (Phi) is 8.06. The highest BCUT2D eigenvalue weighted by Gasteiger charge is 2.51. The molecular formula is C28H40N2. The minimum atomic E-state index is 0.324. The van der Waals surface area contributed by atoms with Gasteiger partial charge in [0.15, 0.2) is 0 Å². The molecule has 1 aliphatic rings. The quantitative estimate of drug-likeness (QED) is 0.428. The van der Waals surface area contributed by atoms with Gasteiger partial charge < -0.3 is 0 Å². The van der Waals surface area contributed by atoms with Gasteiger partial charge in [0, 0.05) is 18.0 Å². The SMILES string of the molecule is CC.CC.CCC1(c2ccccc2-c2nccn2-c2c(C)cc(C)cc2C)C[C@@H]1C. The van der Waals surface area contributed by atoms with Crippen molar-refractivity contribution in [2.75, 3.05) is 0 Å². The van der Waals surface area contributed by atoms with Crippen LogP contribution in [0.1, 0.15) is 76.6 Å². The molecule has 2 nitrogen and oxygen atoms in total. The number of aromatic nitrogens is 2. The fourth-order valence-electron chi connectivity index (χ4n) is 4.89. The molecule has 0 N–H and O–H groups in total. The first-order chi connectivity index (χ1) is 14.5. The molecule has 0 radical (unpaired) electrons. The molecule has 2 aromatic carbocycles. The number of hydrogen-bond acceptors (Lipinski definition) is 1. The van der Waals surface area contributed by atoms with Crippen LogP contribution in [0.3, 0.4) is 0 Å². The van der Waals surface area contributed by atoms with Crippen LogP contribution in [0.4, 0.5) is 0 Å². The Balaban J connectivity index is 0.000000757. The molecule has 1 heterocycles. The summed E-state index contributed by atoms with van der Waals surface area (Å²) in [6.45, 7) is 19.2. The minimum Gasteiger partial charge on any atom is -0.299 e. The van der Waals surface area contributed by atoms with E-state index in [-0.39, 0.29) is 0 Å². The fraction of sp³-hybridized carbons (Fsp3) is 0.464. The zero-order valence-electron chi connectivity index (χ0n) is 20.5. The van der Waals surface area contributed by atoms with Crippen molar-refractivity contribution in [2.24, 2.45) is 5.92 Å². The number of hydrogen-bond donors (Lipinski definition) is 0. The molecule has 0 bridgehead atoms. The zero-order chi connectivity index (χ0) is 22.5. The summed E-state index contributed by atoms with van der Waals surface area (Å²) < 4.78 is 2.28. The highest BCUT2D eigenvalue weighted by molar-refractivity contribution is 5.67. The van der Waals surface area contributed by atoms with Gasteiger partial charge in [-0.25, -0.2) is 4.98 Å². The summed E-state index contributed by atoms with van der Waals surface area (Å²) in [5, 5.41) is 0. The smallest absolute Gasteiger partial charge is 0.144 e. The first kappa shape index (κ1) is 23.9. The molecule has 0 amide bonds. The van der Waals surface area contributed by atoms with Crippen molar-refractivity contribution < 1.29 is 0 Å². The van der Waals surface area contributed by atoms with E-state index < -0.39 is 0 Å². The van der Waals surface area contributed by atoms with E-state index in [0.29, 0.717) is 5.41 Å². The van der Waals surface area contributed by atoms with E-state index in [1.54, 1.807) is 0 Å². The summed E-state index contributed by atoms with van der Waals surface area (Å²) in [5.41, 5.74) is 8.22. The van der Waals surface area contributed by atoms with Gasteiger partial charge in [-0.3, -0.25) is 4.57 Å². The largest absolute Gasteiger partial charge is 0.299 e. The molecule has 4 rings (SSSR count). The second-order valence-electron chi connectivity index (χ2n) is 8.03. The average Bonchev–Trinajstić information content (AvgIpc) is 3.19. The molecule has 1 fully saturated rings. The van der Waals surface area contributed by atoms with E-state index in [2.05, 4.69) is 81.8 Å². The van der Waals surface area contributed by atoms with E-state index in [1.807, 2.05) is 33.9 Å². The molecule has 1 unspecified atom stereocenters. The van der Waals surface area contributed by atoms with Crippen molar-refractivity contribution in [1.82, 2.24) is 9.55 Å². The van der Waals surface area contributed by atoms with Crippen LogP contribution in [0, 0.1) is 26.7 Å². The maximum absolute atomic E-state index is 4.79. The third-order valence-electron chi connectivity index (χ3n) is 6.31. The summed E-state index contributed by atoms with van der Waals surface area (Å²) in [6, 6.07) is 13.4. The Labute approximate surface area is 184 Å². The number of nitrogens with zero attached hydrogens (tertiary/aromatic N) is 2. The van der Waals surface area contributed by atoms with Gasteiger partial charge in [-0.15, -0.1) is 0 Å². The van der Waals surface area contributed by atoms with Gasteiger partial charge >= 0.3 is 0 Å². The molecule has 2 heteroatoms. The second kappa shape index (κ2) is 10.1. The molecule has 162 valence electrons. The maximum atomic E-state index is 4.79. The van der Waals surface area contributed by atoms with E-state index in [1.165, 1.54) is 46.3 Å². The van der Waals surface area contributed by atoms with Crippen molar-refractivity contribution in [2.45, 2.75) is 80.6 Å². The highest BCUT2D eigenvalue weighted by Crippen LogP contribution is 2.58. The minimum absolute atomic E-state index is 0.324. The molecule has 1 aromatic heterocycles. The van der Waals surface area contributed by atoms with Gasteiger partial charge in [-0.05, 0) is 61.6 Å². The zero-order valence-corrected chi connectivity index (χ0v) is 20.5. The molecule has 0 aliphatic heterocycles.